The molecular weight excluding hydrogens is 334 g/mol. The van der Waals surface area contributed by atoms with Gasteiger partial charge in [0.25, 0.3) is 5.91 Å². The van der Waals surface area contributed by atoms with Crippen molar-refractivity contribution in [3.63, 3.8) is 0 Å². The first-order valence-electron chi connectivity index (χ1n) is 8.03. The fourth-order valence-corrected chi connectivity index (χ4v) is 2.19. The maximum Gasteiger partial charge on any atom is 0.262 e. The van der Waals surface area contributed by atoms with E-state index in [1.807, 2.05) is 24.3 Å². The van der Waals surface area contributed by atoms with Gasteiger partial charge in [-0.2, -0.15) is 5.10 Å². The number of nitrogens with zero attached hydrogens (tertiary/aromatic N) is 1. The summed E-state index contributed by atoms with van der Waals surface area (Å²) >= 11 is 0. The van der Waals surface area contributed by atoms with E-state index in [2.05, 4.69) is 15.8 Å². The van der Waals surface area contributed by atoms with Crippen LogP contribution >= 0.6 is 0 Å². The molecule has 0 bridgehead atoms. The lowest BCUT2D eigenvalue weighted by molar-refractivity contribution is -0.121. The molecule has 0 saturated carbocycles. The molecule has 0 aliphatic heterocycles. The van der Waals surface area contributed by atoms with Crippen molar-refractivity contribution >= 4 is 17.8 Å². The Bertz CT molecular complexity index is 760. The van der Waals surface area contributed by atoms with Crippen LogP contribution in [0.1, 0.15) is 12.5 Å². The molecule has 0 radical (unpaired) electrons. The van der Waals surface area contributed by atoms with Gasteiger partial charge in [-0.1, -0.05) is 0 Å². The second-order valence-electron chi connectivity index (χ2n) is 5.44. The number of ether oxygens (including phenoxy) is 3. The molecule has 7 heteroatoms. The molecule has 0 spiro atoms. The summed E-state index contributed by atoms with van der Waals surface area (Å²) in [6.45, 7) is 1.75. The Morgan fingerprint density at radius 2 is 1.65 bits per heavy atom. The molecule has 1 atom stereocenters. The normalized spacial score (nSPS) is 11.7. The molecule has 2 rings (SSSR count). The van der Waals surface area contributed by atoms with Crippen molar-refractivity contribution in [2.45, 2.75) is 13.0 Å². The second kappa shape index (κ2) is 9.31. The standard InChI is InChI=1S/C19H23N3O4/c1-13(21-15-6-9-16(24-2)10-7-15)19(23)22-20-12-14-5-8-17(25-3)11-18(14)26-4/h5-13,21H,1-4H3,(H,22,23). The van der Waals surface area contributed by atoms with Gasteiger partial charge in [0.05, 0.1) is 27.5 Å². The van der Waals surface area contributed by atoms with Crippen molar-refractivity contribution in [3.05, 3.63) is 48.0 Å². The Balaban J connectivity index is 1.93. The van der Waals surface area contributed by atoms with Crippen LogP contribution in [0.15, 0.2) is 47.6 Å². The highest BCUT2D eigenvalue weighted by molar-refractivity contribution is 5.87. The minimum Gasteiger partial charge on any atom is -0.497 e. The Labute approximate surface area is 153 Å². The van der Waals surface area contributed by atoms with Crippen LogP contribution in [0.5, 0.6) is 17.2 Å². The van der Waals surface area contributed by atoms with Gasteiger partial charge in [-0.15, -0.1) is 0 Å². The van der Waals surface area contributed by atoms with E-state index in [0.29, 0.717) is 11.5 Å². The van der Waals surface area contributed by atoms with E-state index in [0.717, 1.165) is 17.0 Å². The van der Waals surface area contributed by atoms with Crippen LogP contribution in [0.4, 0.5) is 5.69 Å². The van der Waals surface area contributed by atoms with Gasteiger partial charge in [0.2, 0.25) is 0 Å². The smallest absolute Gasteiger partial charge is 0.262 e. The number of hydrogen-bond acceptors (Lipinski definition) is 6. The number of rotatable bonds is 8. The zero-order chi connectivity index (χ0) is 18.9. The SMILES string of the molecule is COc1ccc(NC(C)C(=O)NN=Cc2ccc(OC)cc2OC)cc1. The molecule has 26 heavy (non-hydrogen) atoms. The average molecular weight is 357 g/mol. The largest absolute Gasteiger partial charge is 0.497 e. The van der Waals surface area contributed by atoms with E-state index in [1.54, 1.807) is 46.5 Å². The first-order valence-corrected chi connectivity index (χ1v) is 8.03. The molecule has 0 aliphatic rings. The number of carbonyl (C=O) groups excluding carboxylic acids is 1. The van der Waals surface area contributed by atoms with Crippen LogP contribution in [-0.4, -0.2) is 39.5 Å². The van der Waals surface area contributed by atoms with E-state index >= 15 is 0 Å². The maximum atomic E-state index is 12.2. The van der Waals surface area contributed by atoms with Crippen LogP contribution in [0, 0.1) is 0 Å². The number of anilines is 1. The summed E-state index contributed by atoms with van der Waals surface area (Å²) in [5.41, 5.74) is 4.05. The molecule has 7 nitrogen and oxygen atoms in total. The van der Waals surface area contributed by atoms with E-state index in [9.17, 15) is 4.79 Å². The predicted octanol–water partition coefficient (Wildman–Crippen LogP) is 2.66. The minimum absolute atomic E-state index is 0.260. The lowest BCUT2D eigenvalue weighted by Crippen LogP contribution is -2.34. The van der Waals surface area contributed by atoms with Crippen LogP contribution in [-0.2, 0) is 4.79 Å². The highest BCUT2D eigenvalue weighted by atomic mass is 16.5. The molecule has 138 valence electrons. The number of hydrogen-bond donors (Lipinski definition) is 2. The van der Waals surface area contributed by atoms with Gasteiger partial charge in [-0.3, -0.25) is 4.79 Å². The van der Waals surface area contributed by atoms with Crippen LogP contribution in [0.3, 0.4) is 0 Å². The molecule has 1 amide bonds. The van der Waals surface area contributed by atoms with Gasteiger partial charge >= 0.3 is 0 Å². The van der Waals surface area contributed by atoms with Crippen LogP contribution in [0.2, 0.25) is 0 Å². The topological polar surface area (TPSA) is 81.2 Å². The number of nitrogens with one attached hydrogen (secondary N) is 2. The molecule has 0 heterocycles. The summed E-state index contributed by atoms with van der Waals surface area (Å²) in [4.78, 5) is 12.2. The van der Waals surface area contributed by atoms with Crippen molar-refractivity contribution in [1.82, 2.24) is 5.43 Å². The third-order valence-electron chi connectivity index (χ3n) is 3.69. The van der Waals surface area contributed by atoms with Gasteiger partial charge in [-0.05, 0) is 43.3 Å². The highest BCUT2D eigenvalue weighted by Gasteiger charge is 2.11. The fourth-order valence-electron chi connectivity index (χ4n) is 2.19. The summed E-state index contributed by atoms with van der Waals surface area (Å²) in [6.07, 6.45) is 1.52. The molecular formula is C19H23N3O4. The third kappa shape index (κ3) is 5.14. The van der Waals surface area contributed by atoms with Crippen molar-refractivity contribution in [2.24, 2.45) is 5.10 Å². The molecule has 2 N–H and O–H groups in total. The lowest BCUT2D eigenvalue weighted by atomic mass is 10.2. The van der Waals surface area contributed by atoms with E-state index in [4.69, 9.17) is 14.2 Å². The zero-order valence-corrected chi connectivity index (χ0v) is 15.3. The summed E-state index contributed by atoms with van der Waals surface area (Å²) in [5.74, 6) is 1.78. The van der Waals surface area contributed by atoms with Crippen molar-refractivity contribution in [1.29, 1.82) is 0 Å². The van der Waals surface area contributed by atoms with Crippen molar-refractivity contribution in [2.75, 3.05) is 26.6 Å². The Morgan fingerprint density at radius 1 is 1.00 bits per heavy atom. The van der Waals surface area contributed by atoms with Gasteiger partial charge in [0, 0.05) is 17.3 Å². The van der Waals surface area contributed by atoms with E-state index < -0.39 is 6.04 Å². The monoisotopic (exact) mass is 357 g/mol. The average Bonchev–Trinajstić information content (AvgIpc) is 2.68. The maximum absolute atomic E-state index is 12.2. The van der Waals surface area contributed by atoms with Crippen molar-refractivity contribution in [3.8, 4) is 17.2 Å². The summed E-state index contributed by atoms with van der Waals surface area (Å²) in [6, 6.07) is 12.2. The molecule has 1 unspecified atom stereocenters. The molecule has 2 aromatic carbocycles. The summed E-state index contributed by atoms with van der Waals surface area (Å²) in [5, 5.41) is 7.09. The van der Waals surface area contributed by atoms with Crippen LogP contribution in [0.25, 0.3) is 0 Å². The summed E-state index contributed by atoms with van der Waals surface area (Å²) < 4.78 is 15.5. The Hall–Kier alpha value is -3.22. The molecule has 0 aromatic heterocycles. The highest BCUT2D eigenvalue weighted by Crippen LogP contribution is 2.23. The Morgan fingerprint density at radius 3 is 2.27 bits per heavy atom. The van der Waals surface area contributed by atoms with Gasteiger partial charge < -0.3 is 19.5 Å². The number of methoxy groups -OCH3 is 3. The lowest BCUT2D eigenvalue weighted by Gasteiger charge is -2.13. The molecule has 2 aromatic rings. The van der Waals surface area contributed by atoms with Crippen molar-refractivity contribution < 1.29 is 19.0 Å². The number of benzene rings is 2. The van der Waals surface area contributed by atoms with Gasteiger partial charge in [-0.25, -0.2) is 5.43 Å². The molecule has 0 aliphatic carbocycles. The summed E-state index contributed by atoms with van der Waals surface area (Å²) in [7, 11) is 4.75. The quantitative estimate of drug-likeness (QED) is 0.561. The first kappa shape index (κ1) is 19.1. The Kier molecular flexibility index (Phi) is 6.84. The number of hydrazone groups is 1. The van der Waals surface area contributed by atoms with E-state index in [-0.39, 0.29) is 5.91 Å². The number of amides is 1. The molecule has 0 fully saturated rings. The second-order valence-corrected chi connectivity index (χ2v) is 5.44. The van der Waals surface area contributed by atoms with Gasteiger partial charge in [0.15, 0.2) is 0 Å². The first-order chi connectivity index (χ1) is 12.6. The molecule has 0 saturated heterocycles. The predicted molar refractivity (Wildman–Crippen MR) is 101 cm³/mol. The van der Waals surface area contributed by atoms with Crippen LogP contribution < -0.4 is 25.0 Å². The third-order valence-corrected chi connectivity index (χ3v) is 3.69. The fraction of sp³-hybridized carbons (Fsp3) is 0.263. The van der Waals surface area contributed by atoms with E-state index in [1.165, 1.54) is 6.21 Å². The minimum atomic E-state index is -0.460. The van der Waals surface area contributed by atoms with Gasteiger partial charge in [0.1, 0.15) is 23.3 Å². The zero-order valence-electron chi connectivity index (χ0n) is 15.3. The number of carbonyl (C=O) groups is 1.